The van der Waals surface area contributed by atoms with Crippen molar-refractivity contribution in [3.05, 3.63) is 54.7 Å². The summed E-state index contributed by atoms with van der Waals surface area (Å²) in [5.74, 6) is 0.139. The summed E-state index contributed by atoms with van der Waals surface area (Å²) in [4.78, 5) is 3.04. The minimum Gasteiger partial charge on any atom is -0.494 e. The predicted molar refractivity (Wildman–Crippen MR) is 126 cm³/mol. The summed E-state index contributed by atoms with van der Waals surface area (Å²) in [5, 5.41) is 38.7. The number of benzene rings is 3. The van der Waals surface area contributed by atoms with Gasteiger partial charge in [0.1, 0.15) is 11.8 Å². The Labute approximate surface area is 187 Å². The number of aromatic amines is 1. The molecule has 0 saturated carbocycles. The van der Waals surface area contributed by atoms with Gasteiger partial charge in [0.05, 0.1) is 34.1 Å². The van der Waals surface area contributed by atoms with Crippen molar-refractivity contribution in [3.63, 3.8) is 0 Å². The number of hydrogen-bond donors (Lipinski definition) is 4. The third kappa shape index (κ3) is 1.73. The van der Waals surface area contributed by atoms with Gasteiger partial charge < -0.3 is 34.2 Å². The molecule has 3 aromatic heterocycles. The van der Waals surface area contributed by atoms with Crippen molar-refractivity contribution in [1.82, 2.24) is 14.1 Å². The average molecular weight is 439 g/mol. The predicted octanol–water partition coefficient (Wildman–Crippen LogP) is 4.42. The van der Waals surface area contributed by atoms with E-state index in [1.807, 2.05) is 49.5 Å². The van der Waals surface area contributed by atoms with Gasteiger partial charge in [-0.2, -0.15) is 0 Å². The van der Waals surface area contributed by atoms with Gasteiger partial charge >= 0.3 is 0 Å². The number of aliphatic hydroxyl groups excluding tert-OH is 1. The van der Waals surface area contributed by atoms with Crippen LogP contribution in [-0.2, 0) is 10.5 Å². The van der Waals surface area contributed by atoms with Crippen LogP contribution in [0.2, 0.25) is 0 Å². The first-order valence-electron chi connectivity index (χ1n) is 11.2. The molecule has 33 heavy (non-hydrogen) atoms. The van der Waals surface area contributed by atoms with E-state index in [0.717, 1.165) is 54.4 Å². The summed E-state index contributed by atoms with van der Waals surface area (Å²) < 4.78 is 10.9. The highest BCUT2D eigenvalue weighted by Crippen LogP contribution is 2.57. The van der Waals surface area contributed by atoms with Crippen LogP contribution in [0, 0.1) is 0 Å². The minimum atomic E-state index is -1.48. The number of H-pyrrole nitrogens is 1. The highest BCUT2D eigenvalue weighted by atomic mass is 16.6. The standard InChI is InChI=1S/C26H21N3O4/c1-25-26(32,12-30)10-18(33-25)28-16-8-4-2-6-13(16)20-21-15(11-27-24(21)31)19-14-7-3-5-9-17(14)29(25)23(19)22(20)28/h2-9,11,18,27,30-32H,10,12H2,1H3/t18?,25?,26-/m0/s1. The fourth-order valence-corrected chi connectivity index (χ4v) is 6.60. The highest BCUT2D eigenvalue weighted by Gasteiger charge is 2.60. The summed E-state index contributed by atoms with van der Waals surface area (Å²) in [6.07, 6.45) is 1.63. The molecular weight excluding hydrogens is 418 g/mol. The van der Waals surface area contributed by atoms with Gasteiger partial charge in [-0.15, -0.1) is 0 Å². The third-order valence-electron chi connectivity index (χ3n) is 8.11. The molecule has 3 atom stereocenters. The highest BCUT2D eigenvalue weighted by molar-refractivity contribution is 6.37. The second kappa shape index (κ2) is 5.34. The first-order valence-corrected chi connectivity index (χ1v) is 11.2. The van der Waals surface area contributed by atoms with Gasteiger partial charge in [-0.05, 0) is 19.1 Å². The van der Waals surface area contributed by atoms with E-state index in [2.05, 4.69) is 26.3 Å². The Morgan fingerprint density at radius 3 is 2.42 bits per heavy atom. The quantitative estimate of drug-likeness (QED) is 0.305. The summed E-state index contributed by atoms with van der Waals surface area (Å²) in [6.45, 7) is 1.45. The van der Waals surface area contributed by atoms with E-state index < -0.39 is 24.2 Å². The number of fused-ring (bicyclic) bond motifs is 13. The molecule has 5 heterocycles. The lowest BCUT2D eigenvalue weighted by Gasteiger charge is -2.38. The van der Waals surface area contributed by atoms with Crippen molar-refractivity contribution < 1.29 is 20.1 Å². The van der Waals surface area contributed by atoms with Crippen molar-refractivity contribution in [2.75, 3.05) is 6.61 Å². The molecule has 1 fully saturated rings. The molecule has 0 aliphatic carbocycles. The average Bonchev–Trinajstić information content (AvgIpc) is 3.51. The summed E-state index contributed by atoms with van der Waals surface area (Å²) in [6, 6.07) is 16.2. The van der Waals surface area contributed by atoms with Crippen LogP contribution in [-0.4, -0.2) is 41.6 Å². The molecule has 2 bridgehead atoms. The van der Waals surface area contributed by atoms with Gasteiger partial charge in [0.25, 0.3) is 0 Å². The minimum absolute atomic E-state index is 0.139. The summed E-state index contributed by atoms with van der Waals surface area (Å²) >= 11 is 0. The van der Waals surface area contributed by atoms with E-state index in [-0.39, 0.29) is 12.3 Å². The first kappa shape index (κ1) is 18.0. The third-order valence-corrected chi connectivity index (χ3v) is 8.11. The maximum atomic E-state index is 11.7. The number of ether oxygens (including phenoxy) is 1. The molecule has 1 saturated heterocycles. The zero-order valence-electron chi connectivity index (χ0n) is 17.8. The molecular formula is C26H21N3O4. The number of para-hydroxylation sites is 2. The Morgan fingerprint density at radius 2 is 1.67 bits per heavy atom. The monoisotopic (exact) mass is 439 g/mol. The van der Waals surface area contributed by atoms with Crippen LogP contribution in [0.1, 0.15) is 19.6 Å². The lowest BCUT2D eigenvalue weighted by Crippen LogP contribution is -2.52. The van der Waals surface area contributed by atoms with Gasteiger partial charge in [0.2, 0.25) is 0 Å². The summed E-state index contributed by atoms with van der Waals surface area (Å²) in [5.41, 5.74) is 1.12. The van der Waals surface area contributed by atoms with E-state index in [1.54, 1.807) is 0 Å². The van der Waals surface area contributed by atoms with Crippen molar-refractivity contribution in [1.29, 1.82) is 0 Å². The van der Waals surface area contributed by atoms with Gasteiger partial charge in [0.15, 0.2) is 11.6 Å². The van der Waals surface area contributed by atoms with Crippen molar-refractivity contribution in [2.45, 2.75) is 30.9 Å². The van der Waals surface area contributed by atoms with E-state index >= 15 is 0 Å². The van der Waals surface area contributed by atoms with Gasteiger partial charge in [-0.25, -0.2) is 0 Å². The van der Waals surface area contributed by atoms with Crippen LogP contribution in [0.5, 0.6) is 5.88 Å². The van der Waals surface area contributed by atoms with E-state index in [1.165, 1.54) is 0 Å². The zero-order valence-corrected chi connectivity index (χ0v) is 17.8. The number of hydrogen-bond acceptors (Lipinski definition) is 4. The molecule has 3 aromatic carbocycles. The lowest BCUT2D eigenvalue weighted by atomic mass is 9.90. The van der Waals surface area contributed by atoms with Crippen LogP contribution >= 0.6 is 0 Å². The van der Waals surface area contributed by atoms with Crippen LogP contribution in [0.4, 0.5) is 0 Å². The zero-order chi connectivity index (χ0) is 22.3. The molecule has 7 nitrogen and oxygen atoms in total. The van der Waals surface area contributed by atoms with Crippen LogP contribution in [0.15, 0.2) is 54.7 Å². The van der Waals surface area contributed by atoms with Crippen LogP contribution in [0.3, 0.4) is 0 Å². The van der Waals surface area contributed by atoms with Crippen LogP contribution < -0.4 is 0 Å². The topological polar surface area (TPSA) is 95.6 Å². The Hall–Kier alpha value is -3.52. The first-order chi connectivity index (χ1) is 16.0. The second-order valence-corrected chi connectivity index (χ2v) is 9.56. The molecule has 8 rings (SSSR count). The van der Waals surface area contributed by atoms with Crippen molar-refractivity contribution in [2.24, 2.45) is 0 Å². The molecule has 0 radical (unpaired) electrons. The number of nitrogens with one attached hydrogen (secondary N) is 1. The molecule has 2 aliphatic heterocycles. The van der Waals surface area contributed by atoms with Crippen molar-refractivity contribution >= 4 is 54.4 Å². The number of rotatable bonds is 1. The maximum Gasteiger partial charge on any atom is 0.197 e. The Balaban J connectivity index is 1.81. The normalized spacial score (nSPS) is 26.6. The fraction of sp³-hybridized carbons (Fsp3) is 0.231. The maximum absolute atomic E-state index is 11.7. The molecule has 0 amide bonds. The molecule has 2 unspecified atom stereocenters. The SMILES string of the molecule is CC12OC(C[C@]1(O)CO)n1c3ccccc3c3c4c(O)[nH]cc4c4c5ccccc5n2c4c31. The fourth-order valence-electron chi connectivity index (χ4n) is 6.60. The summed E-state index contributed by atoms with van der Waals surface area (Å²) in [7, 11) is 0. The Kier molecular flexibility index (Phi) is 2.91. The molecule has 0 spiro atoms. The largest absolute Gasteiger partial charge is 0.494 e. The molecule has 4 N–H and O–H groups in total. The molecule has 6 aromatic rings. The Morgan fingerprint density at radius 1 is 0.970 bits per heavy atom. The molecule has 7 heteroatoms. The van der Waals surface area contributed by atoms with E-state index in [4.69, 9.17) is 4.74 Å². The van der Waals surface area contributed by atoms with Crippen LogP contribution in [0.25, 0.3) is 54.4 Å². The smallest absolute Gasteiger partial charge is 0.197 e. The van der Waals surface area contributed by atoms with E-state index in [0.29, 0.717) is 0 Å². The Bertz CT molecular complexity index is 1830. The van der Waals surface area contributed by atoms with Gasteiger partial charge in [0, 0.05) is 39.5 Å². The molecule has 164 valence electrons. The van der Waals surface area contributed by atoms with E-state index in [9.17, 15) is 15.3 Å². The second-order valence-electron chi connectivity index (χ2n) is 9.56. The number of aliphatic hydroxyl groups is 2. The van der Waals surface area contributed by atoms with Gasteiger partial charge in [-0.3, -0.25) is 0 Å². The van der Waals surface area contributed by atoms with Gasteiger partial charge in [-0.1, -0.05) is 36.4 Å². The number of aromatic hydroxyl groups is 1. The lowest BCUT2D eigenvalue weighted by molar-refractivity contribution is -0.189. The van der Waals surface area contributed by atoms with Crippen molar-refractivity contribution in [3.8, 4) is 5.88 Å². The number of nitrogens with zero attached hydrogens (tertiary/aromatic N) is 2. The number of aromatic nitrogens is 3. The molecule has 2 aliphatic rings.